The summed E-state index contributed by atoms with van der Waals surface area (Å²) >= 11 is 0. The van der Waals surface area contributed by atoms with E-state index in [-0.39, 0.29) is 6.04 Å². The number of hydrogen-bond acceptors (Lipinski definition) is 5. The molecule has 4 N–H and O–H groups in total. The first-order valence-corrected chi connectivity index (χ1v) is 4.98. The number of nitrogens with zero attached hydrogens (tertiary/aromatic N) is 2. The fourth-order valence-corrected chi connectivity index (χ4v) is 1.23. The first-order valence-electron chi connectivity index (χ1n) is 4.98. The fraction of sp³-hybridized carbons (Fsp3) is 0.273. The predicted molar refractivity (Wildman–Crippen MR) is 64.1 cm³/mol. The van der Waals surface area contributed by atoms with Crippen LogP contribution in [0.5, 0.6) is 5.88 Å². The zero-order valence-electron chi connectivity index (χ0n) is 9.72. The van der Waals surface area contributed by atoms with Gasteiger partial charge in [0.1, 0.15) is 5.82 Å². The molecule has 0 aliphatic heterocycles. The normalized spacial score (nSPS) is 13.9. The van der Waals surface area contributed by atoms with Crippen LogP contribution in [0.1, 0.15) is 18.5 Å². The van der Waals surface area contributed by atoms with Crippen LogP contribution in [0.4, 0.5) is 4.39 Å². The van der Waals surface area contributed by atoms with Gasteiger partial charge in [0.15, 0.2) is 0 Å². The summed E-state index contributed by atoms with van der Waals surface area (Å²) < 4.78 is 18.1. The van der Waals surface area contributed by atoms with E-state index >= 15 is 0 Å². The summed E-state index contributed by atoms with van der Waals surface area (Å²) in [4.78, 5) is 7.95. The van der Waals surface area contributed by atoms with Crippen molar-refractivity contribution in [2.45, 2.75) is 13.0 Å². The quantitative estimate of drug-likeness (QED) is 0.769. The van der Waals surface area contributed by atoms with E-state index in [9.17, 15) is 4.39 Å². The lowest BCUT2D eigenvalue weighted by Gasteiger charge is -2.10. The van der Waals surface area contributed by atoms with Crippen molar-refractivity contribution in [3.05, 3.63) is 35.5 Å². The number of aromatic nitrogens is 1. The molecule has 6 heteroatoms. The van der Waals surface area contributed by atoms with E-state index in [4.69, 9.17) is 16.2 Å². The zero-order chi connectivity index (χ0) is 12.8. The minimum absolute atomic E-state index is 0.327. The van der Waals surface area contributed by atoms with Gasteiger partial charge in [0, 0.05) is 18.0 Å². The van der Waals surface area contributed by atoms with Crippen molar-refractivity contribution >= 4 is 6.21 Å². The maximum Gasteiger partial charge on any atom is 0.218 e. The number of allylic oxidation sites excluding steroid dienone is 1. The molecule has 0 radical (unpaired) electrons. The molecule has 1 aromatic rings. The van der Waals surface area contributed by atoms with Crippen LogP contribution in [0.25, 0.3) is 0 Å². The molecule has 0 aliphatic carbocycles. The number of halogens is 1. The molecule has 92 valence electrons. The maximum absolute atomic E-state index is 13.1. The summed E-state index contributed by atoms with van der Waals surface area (Å²) in [7, 11) is 1.47. The second-order valence-corrected chi connectivity index (χ2v) is 3.37. The fourth-order valence-electron chi connectivity index (χ4n) is 1.23. The van der Waals surface area contributed by atoms with E-state index in [2.05, 4.69) is 9.98 Å². The lowest BCUT2D eigenvalue weighted by Crippen LogP contribution is -2.04. The van der Waals surface area contributed by atoms with E-state index in [1.807, 2.05) is 0 Å². The summed E-state index contributed by atoms with van der Waals surface area (Å²) in [6.45, 7) is 1.78. The molecule has 0 aromatic carbocycles. The van der Waals surface area contributed by atoms with Gasteiger partial charge in [-0.1, -0.05) is 0 Å². The molecule has 0 saturated heterocycles. The lowest BCUT2D eigenvalue weighted by atomic mass is 10.1. The van der Waals surface area contributed by atoms with Crippen molar-refractivity contribution < 1.29 is 9.13 Å². The Bertz CT molecular complexity index is 445. The third kappa shape index (κ3) is 3.44. The van der Waals surface area contributed by atoms with E-state index in [0.717, 1.165) is 6.20 Å². The first kappa shape index (κ1) is 13.0. The summed E-state index contributed by atoms with van der Waals surface area (Å²) in [5.41, 5.74) is 11.6. The van der Waals surface area contributed by atoms with Crippen LogP contribution >= 0.6 is 0 Å². The number of hydrogen-bond donors (Lipinski definition) is 2. The Balaban J connectivity index is 2.98. The monoisotopic (exact) mass is 238 g/mol. The van der Waals surface area contributed by atoms with Gasteiger partial charge in [-0.2, -0.15) is 0 Å². The van der Waals surface area contributed by atoms with Crippen LogP contribution in [-0.4, -0.2) is 18.3 Å². The van der Waals surface area contributed by atoms with Gasteiger partial charge in [-0.25, -0.2) is 9.37 Å². The molecule has 0 saturated carbocycles. The molecule has 1 rings (SSSR count). The second kappa shape index (κ2) is 5.83. The molecule has 17 heavy (non-hydrogen) atoms. The van der Waals surface area contributed by atoms with E-state index in [1.54, 1.807) is 6.92 Å². The van der Waals surface area contributed by atoms with Crippen molar-refractivity contribution in [3.8, 4) is 5.88 Å². The van der Waals surface area contributed by atoms with E-state index < -0.39 is 5.82 Å². The Morgan fingerprint density at radius 1 is 1.65 bits per heavy atom. The molecule has 5 nitrogen and oxygen atoms in total. The van der Waals surface area contributed by atoms with Crippen LogP contribution in [0.2, 0.25) is 0 Å². The van der Waals surface area contributed by atoms with Crippen molar-refractivity contribution in [3.63, 3.8) is 0 Å². The van der Waals surface area contributed by atoms with Crippen molar-refractivity contribution in [1.82, 2.24) is 4.98 Å². The highest BCUT2D eigenvalue weighted by Gasteiger charge is 2.12. The molecule has 0 bridgehead atoms. The third-order valence-corrected chi connectivity index (χ3v) is 2.13. The minimum atomic E-state index is -0.440. The van der Waals surface area contributed by atoms with Crippen molar-refractivity contribution in [1.29, 1.82) is 0 Å². The molecule has 0 amide bonds. The van der Waals surface area contributed by atoms with Crippen LogP contribution in [-0.2, 0) is 0 Å². The smallest absolute Gasteiger partial charge is 0.218 e. The Hall–Kier alpha value is -2.11. The Kier molecular flexibility index (Phi) is 4.45. The maximum atomic E-state index is 13.1. The van der Waals surface area contributed by atoms with Crippen LogP contribution in [0, 0.1) is 5.82 Å². The second-order valence-electron chi connectivity index (χ2n) is 3.37. The summed E-state index contributed by atoms with van der Waals surface area (Å²) in [5.74, 6) is -0.100. The third-order valence-electron chi connectivity index (χ3n) is 2.13. The molecular weight excluding hydrogens is 223 g/mol. The van der Waals surface area contributed by atoms with Gasteiger partial charge in [0.05, 0.1) is 25.0 Å². The SMILES string of the molecule is COc1ncc(F)cc1[C@H](C)N=C/C(N)=C\N. The topological polar surface area (TPSA) is 86.5 Å². The van der Waals surface area contributed by atoms with Crippen LogP contribution in [0.3, 0.4) is 0 Å². The lowest BCUT2D eigenvalue weighted by molar-refractivity contribution is 0.387. The molecule has 0 aliphatic rings. The Morgan fingerprint density at radius 3 is 2.94 bits per heavy atom. The zero-order valence-corrected chi connectivity index (χ0v) is 9.72. The molecule has 0 fully saturated rings. The number of rotatable bonds is 4. The van der Waals surface area contributed by atoms with Crippen molar-refractivity contribution in [2.75, 3.05) is 7.11 Å². The molecule has 0 unspecified atom stereocenters. The van der Waals surface area contributed by atoms with Crippen LogP contribution < -0.4 is 16.2 Å². The first-order chi connectivity index (χ1) is 8.08. The predicted octanol–water partition coefficient (Wildman–Crippen LogP) is 1.12. The average Bonchev–Trinajstić information content (AvgIpc) is 2.35. The van der Waals surface area contributed by atoms with Crippen LogP contribution in [0.15, 0.2) is 29.2 Å². The van der Waals surface area contributed by atoms with E-state index in [1.165, 1.54) is 25.6 Å². The molecule has 1 aromatic heterocycles. The van der Waals surface area contributed by atoms with Gasteiger partial charge in [-0.15, -0.1) is 0 Å². The van der Waals surface area contributed by atoms with Gasteiger partial charge in [-0.3, -0.25) is 4.99 Å². The van der Waals surface area contributed by atoms with Gasteiger partial charge < -0.3 is 16.2 Å². The molecule has 1 atom stereocenters. The highest BCUT2D eigenvalue weighted by atomic mass is 19.1. The summed E-state index contributed by atoms with van der Waals surface area (Å²) in [6.07, 6.45) is 3.74. The summed E-state index contributed by atoms with van der Waals surface area (Å²) in [5, 5.41) is 0. The highest BCUT2D eigenvalue weighted by Crippen LogP contribution is 2.25. The number of pyridine rings is 1. The number of aliphatic imine (C=N–C) groups is 1. The van der Waals surface area contributed by atoms with Gasteiger partial charge >= 0.3 is 0 Å². The highest BCUT2D eigenvalue weighted by molar-refractivity contribution is 5.77. The Morgan fingerprint density at radius 2 is 2.35 bits per heavy atom. The van der Waals surface area contributed by atoms with Gasteiger partial charge in [0.25, 0.3) is 0 Å². The molecular formula is C11H15FN4O. The standard InChI is InChI=1S/C11H15FN4O/c1-7(15-6-9(14)4-13)10-3-8(12)5-16-11(10)17-2/h3-7H,13-14H2,1-2H3/b9-4+,15-6?/t7-/m0/s1. The Labute approximate surface area is 99.0 Å². The largest absolute Gasteiger partial charge is 0.481 e. The summed E-state index contributed by atoms with van der Waals surface area (Å²) in [6, 6.07) is 1.00. The van der Waals surface area contributed by atoms with Gasteiger partial charge in [-0.05, 0) is 13.0 Å². The molecule has 1 heterocycles. The minimum Gasteiger partial charge on any atom is -0.481 e. The average molecular weight is 238 g/mol. The van der Waals surface area contributed by atoms with Gasteiger partial charge in [0.2, 0.25) is 5.88 Å². The van der Waals surface area contributed by atoms with E-state index in [0.29, 0.717) is 17.1 Å². The number of ether oxygens (including phenoxy) is 1. The van der Waals surface area contributed by atoms with Crippen molar-refractivity contribution in [2.24, 2.45) is 16.5 Å². The number of nitrogens with two attached hydrogens (primary N) is 2. The molecule has 0 spiro atoms. The number of methoxy groups -OCH3 is 1.